The number of halogens is 1. The topological polar surface area (TPSA) is 92.9 Å². The summed E-state index contributed by atoms with van der Waals surface area (Å²) in [4.78, 5) is 4.75. The molecule has 0 saturated carbocycles. The predicted molar refractivity (Wildman–Crippen MR) is 135 cm³/mol. The van der Waals surface area contributed by atoms with Gasteiger partial charge in [-0.2, -0.15) is 5.10 Å². The summed E-state index contributed by atoms with van der Waals surface area (Å²) < 4.78 is 12.4. The minimum atomic E-state index is -1.07. The number of aryl methyl sites for hydroxylation is 1. The van der Waals surface area contributed by atoms with Crippen LogP contribution in [0.3, 0.4) is 0 Å². The Labute approximate surface area is 202 Å². The summed E-state index contributed by atoms with van der Waals surface area (Å²) in [5.41, 5.74) is 0.554. The van der Waals surface area contributed by atoms with E-state index in [9.17, 15) is 5.11 Å². The zero-order chi connectivity index (χ0) is 22.4. The molecule has 8 nitrogen and oxygen atoms in total. The van der Waals surface area contributed by atoms with Gasteiger partial charge in [-0.15, -0.1) is 24.0 Å². The van der Waals surface area contributed by atoms with Crippen LogP contribution in [0.5, 0.6) is 11.5 Å². The quantitative estimate of drug-likeness (QED) is 0.255. The Morgan fingerprint density at radius 3 is 2.35 bits per heavy atom. The van der Waals surface area contributed by atoms with E-state index in [0.717, 1.165) is 17.7 Å². The van der Waals surface area contributed by atoms with E-state index in [1.165, 1.54) is 0 Å². The summed E-state index contributed by atoms with van der Waals surface area (Å²) in [6.07, 6.45) is 3.48. The van der Waals surface area contributed by atoms with Crippen LogP contribution in [-0.4, -0.2) is 54.7 Å². The van der Waals surface area contributed by atoms with Gasteiger partial charge < -0.3 is 25.2 Å². The van der Waals surface area contributed by atoms with Crippen LogP contribution in [0, 0.1) is 0 Å². The lowest BCUT2D eigenvalue weighted by molar-refractivity contribution is 0.0616. The van der Waals surface area contributed by atoms with Gasteiger partial charge in [0.15, 0.2) is 17.5 Å². The minimum absolute atomic E-state index is 0. The molecule has 0 bridgehead atoms. The number of ether oxygens (including phenoxy) is 2. The molecular weight excluding hydrogens is 509 g/mol. The van der Waals surface area contributed by atoms with Crippen LogP contribution >= 0.6 is 24.0 Å². The second-order valence-corrected chi connectivity index (χ2v) is 8.18. The number of hydrogen-bond donors (Lipinski definition) is 3. The molecule has 0 amide bonds. The molecule has 2 aromatic rings. The SMILES string of the molecule is CCNC(=NCC(C)(C)c1ccc(OC)c(OC)c1)NCC(C)(O)c1cnn(C)c1.I. The second-order valence-electron chi connectivity index (χ2n) is 8.18. The first-order valence-corrected chi connectivity index (χ1v) is 10.1. The van der Waals surface area contributed by atoms with E-state index in [4.69, 9.17) is 14.5 Å². The van der Waals surface area contributed by atoms with Gasteiger partial charge in [-0.25, -0.2) is 0 Å². The summed E-state index contributed by atoms with van der Waals surface area (Å²) in [6.45, 7) is 9.61. The van der Waals surface area contributed by atoms with Gasteiger partial charge in [-0.1, -0.05) is 19.9 Å². The molecule has 31 heavy (non-hydrogen) atoms. The zero-order valence-electron chi connectivity index (χ0n) is 19.5. The largest absolute Gasteiger partial charge is 0.493 e. The molecule has 9 heteroatoms. The molecule has 1 heterocycles. The average molecular weight is 545 g/mol. The van der Waals surface area contributed by atoms with E-state index < -0.39 is 5.60 Å². The average Bonchev–Trinajstić information content (AvgIpc) is 3.16. The fraction of sp³-hybridized carbons (Fsp3) is 0.545. The third kappa shape index (κ3) is 7.27. The molecular formula is C22H36IN5O3. The molecule has 0 fully saturated rings. The number of aromatic nitrogens is 2. The van der Waals surface area contributed by atoms with Gasteiger partial charge >= 0.3 is 0 Å². The maximum absolute atomic E-state index is 10.8. The summed E-state index contributed by atoms with van der Waals surface area (Å²) >= 11 is 0. The van der Waals surface area contributed by atoms with E-state index in [1.807, 2.05) is 38.4 Å². The fourth-order valence-corrected chi connectivity index (χ4v) is 3.02. The summed E-state index contributed by atoms with van der Waals surface area (Å²) in [5.74, 6) is 2.05. The number of aliphatic imine (C=N–C) groups is 1. The van der Waals surface area contributed by atoms with Crippen molar-refractivity contribution in [2.24, 2.45) is 12.0 Å². The van der Waals surface area contributed by atoms with E-state index in [-0.39, 0.29) is 29.4 Å². The van der Waals surface area contributed by atoms with Gasteiger partial charge in [0.05, 0.1) is 33.5 Å². The Balaban J connectivity index is 0.00000480. The van der Waals surface area contributed by atoms with Gasteiger partial charge in [0.2, 0.25) is 0 Å². The molecule has 2 rings (SSSR count). The molecule has 174 valence electrons. The third-order valence-corrected chi connectivity index (χ3v) is 5.07. The van der Waals surface area contributed by atoms with Crippen molar-refractivity contribution in [3.05, 3.63) is 41.7 Å². The molecule has 1 unspecified atom stereocenters. The first-order chi connectivity index (χ1) is 14.1. The Bertz CT molecular complexity index is 865. The highest BCUT2D eigenvalue weighted by Crippen LogP contribution is 2.33. The summed E-state index contributed by atoms with van der Waals surface area (Å²) in [6, 6.07) is 5.93. The van der Waals surface area contributed by atoms with E-state index in [2.05, 4.69) is 29.6 Å². The minimum Gasteiger partial charge on any atom is -0.493 e. The van der Waals surface area contributed by atoms with Gasteiger partial charge in [0.1, 0.15) is 5.60 Å². The van der Waals surface area contributed by atoms with Crippen molar-refractivity contribution in [1.29, 1.82) is 0 Å². The van der Waals surface area contributed by atoms with Gasteiger partial charge in [-0.05, 0) is 31.5 Å². The van der Waals surface area contributed by atoms with E-state index in [1.54, 1.807) is 32.0 Å². The van der Waals surface area contributed by atoms with E-state index in [0.29, 0.717) is 30.5 Å². The molecule has 1 atom stereocenters. The Morgan fingerprint density at radius 1 is 1.13 bits per heavy atom. The first-order valence-electron chi connectivity index (χ1n) is 10.1. The van der Waals surface area contributed by atoms with Crippen molar-refractivity contribution in [2.75, 3.05) is 33.9 Å². The smallest absolute Gasteiger partial charge is 0.191 e. The van der Waals surface area contributed by atoms with E-state index >= 15 is 0 Å². The van der Waals surface area contributed by atoms with Crippen LogP contribution in [0.2, 0.25) is 0 Å². The molecule has 0 aliphatic carbocycles. The van der Waals surface area contributed by atoms with Crippen molar-refractivity contribution >= 4 is 29.9 Å². The van der Waals surface area contributed by atoms with Gasteiger partial charge in [0.25, 0.3) is 0 Å². The molecule has 0 aliphatic heterocycles. The van der Waals surface area contributed by atoms with Gasteiger partial charge in [-0.3, -0.25) is 9.67 Å². The molecule has 0 saturated heterocycles. The van der Waals surface area contributed by atoms with Crippen molar-refractivity contribution in [3.8, 4) is 11.5 Å². The lowest BCUT2D eigenvalue weighted by atomic mass is 9.84. The fourth-order valence-electron chi connectivity index (χ4n) is 3.02. The Hall–Kier alpha value is -2.01. The lowest BCUT2D eigenvalue weighted by Gasteiger charge is -2.26. The molecule has 1 aromatic carbocycles. The number of hydrogen-bond acceptors (Lipinski definition) is 5. The van der Waals surface area contributed by atoms with Crippen molar-refractivity contribution in [1.82, 2.24) is 20.4 Å². The van der Waals surface area contributed by atoms with Crippen molar-refractivity contribution in [2.45, 2.75) is 38.7 Å². The monoisotopic (exact) mass is 545 g/mol. The number of nitrogens with one attached hydrogen (secondary N) is 2. The second kappa shape index (κ2) is 11.6. The highest BCUT2D eigenvalue weighted by atomic mass is 127. The molecule has 0 radical (unpaired) electrons. The Morgan fingerprint density at radius 2 is 1.81 bits per heavy atom. The van der Waals surface area contributed by atoms with Crippen LogP contribution in [0.15, 0.2) is 35.6 Å². The van der Waals surface area contributed by atoms with Crippen molar-refractivity contribution < 1.29 is 14.6 Å². The highest BCUT2D eigenvalue weighted by Gasteiger charge is 2.26. The third-order valence-electron chi connectivity index (χ3n) is 5.07. The number of aliphatic hydroxyl groups is 1. The highest BCUT2D eigenvalue weighted by molar-refractivity contribution is 14.0. The van der Waals surface area contributed by atoms with Gasteiger partial charge in [0, 0.05) is 30.8 Å². The molecule has 3 N–H and O–H groups in total. The predicted octanol–water partition coefficient (Wildman–Crippen LogP) is 2.80. The Kier molecular flexibility index (Phi) is 10.1. The maximum atomic E-state index is 10.8. The number of guanidine groups is 1. The van der Waals surface area contributed by atoms with Crippen molar-refractivity contribution in [3.63, 3.8) is 0 Å². The van der Waals surface area contributed by atoms with Crippen LogP contribution in [0.4, 0.5) is 0 Å². The maximum Gasteiger partial charge on any atom is 0.191 e. The van der Waals surface area contributed by atoms with Crippen LogP contribution < -0.4 is 20.1 Å². The zero-order valence-corrected chi connectivity index (χ0v) is 21.9. The van der Waals surface area contributed by atoms with Crippen LogP contribution in [-0.2, 0) is 18.1 Å². The molecule has 0 spiro atoms. The summed E-state index contributed by atoms with van der Waals surface area (Å²) in [5, 5.41) is 21.4. The number of nitrogens with zero attached hydrogens (tertiary/aromatic N) is 3. The first kappa shape index (κ1) is 27.0. The molecule has 0 aliphatic rings. The van der Waals surface area contributed by atoms with Crippen LogP contribution in [0.1, 0.15) is 38.8 Å². The number of rotatable bonds is 9. The normalized spacial score (nSPS) is 13.7. The summed E-state index contributed by atoms with van der Waals surface area (Å²) in [7, 11) is 5.09. The van der Waals surface area contributed by atoms with Crippen LogP contribution in [0.25, 0.3) is 0 Å². The number of benzene rings is 1. The molecule has 1 aromatic heterocycles. The lowest BCUT2D eigenvalue weighted by Crippen LogP contribution is -2.45. The number of methoxy groups -OCH3 is 2. The standard InChI is InChI=1S/C22H35N5O3.HI/c1-8-23-20(25-15-22(4,28)17-12-26-27(5)13-17)24-14-21(2,3)16-9-10-18(29-6)19(11-16)30-7;/h9-13,28H,8,14-15H2,1-7H3,(H2,23,24,25);1H.